The maximum atomic E-state index is 11.9. The monoisotopic (exact) mass is 1410 g/mol. The number of carboxylic acids is 3. The van der Waals surface area contributed by atoms with Gasteiger partial charge in [-0.15, -0.1) is 11.6 Å². The molecule has 0 radical (unpaired) electrons. The second kappa shape index (κ2) is 45.9. The van der Waals surface area contributed by atoms with E-state index in [1.807, 2.05) is 89.2 Å². The summed E-state index contributed by atoms with van der Waals surface area (Å²) in [5, 5.41) is 28.6. The van der Waals surface area contributed by atoms with Gasteiger partial charge in [-0.05, 0) is 239 Å². The Morgan fingerprint density at radius 1 is 0.376 bits per heavy atom. The first-order chi connectivity index (χ1) is 47.8. The van der Waals surface area contributed by atoms with E-state index < -0.39 is 17.9 Å². The summed E-state index contributed by atoms with van der Waals surface area (Å²) in [5.41, 5.74) is 19.7. The molecule has 6 aliphatic carbocycles. The number of unbranched alkanes of at least 4 members (excludes halogenated alkanes) is 3. The van der Waals surface area contributed by atoms with Crippen molar-refractivity contribution < 1.29 is 92.6 Å². The summed E-state index contributed by atoms with van der Waals surface area (Å²) in [7, 11) is 0. The van der Waals surface area contributed by atoms with Gasteiger partial charge in [0.05, 0.1) is 49.4 Å². The molecule has 101 heavy (non-hydrogen) atoms. The zero-order chi connectivity index (χ0) is 71.8. The zero-order valence-corrected chi connectivity index (χ0v) is 63.8. The summed E-state index contributed by atoms with van der Waals surface area (Å²) in [6.07, 6.45) is 22.1. The first kappa shape index (κ1) is 86.5. The van der Waals surface area contributed by atoms with Gasteiger partial charge in [0.15, 0.2) is 5.78 Å². The van der Waals surface area contributed by atoms with Crippen molar-refractivity contribution in [2.24, 2.45) is 35.5 Å². The Morgan fingerprint density at radius 3 is 0.931 bits per heavy atom. The summed E-state index contributed by atoms with van der Waals surface area (Å²) >= 11 is 5.19. The number of benzene rings is 6. The van der Waals surface area contributed by atoms with E-state index in [0.717, 1.165) is 81.2 Å². The summed E-state index contributed by atoms with van der Waals surface area (Å²) in [4.78, 5) is 79.3. The molecule has 0 aliphatic heterocycles. The molecule has 0 spiro atoms. The molecule has 6 aromatic rings. The number of aryl methyl sites for hydroxylation is 3. The molecular formula is C86H112ClNaO13. The molecule has 15 heteroatoms. The second-order valence-corrected chi connectivity index (χ2v) is 27.3. The van der Waals surface area contributed by atoms with Gasteiger partial charge in [-0.25, -0.2) is 0 Å². The molecule has 4 unspecified atom stereocenters. The number of rotatable bonds is 22. The number of esters is 3. The number of hydrogen-bond donors (Lipinski definition) is 2. The predicted molar refractivity (Wildman–Crippen MR) is 397 cm³/mol. The number of ketones is 1. The topological polar surface area (TPSA) is 211 Å². The van der Waals surface area contributed by atoms with E-state index in [9.17, 15) is 38.7 Å². The molecule has 0 saturated heterocycles. The number of halogens is 1. The predicted octanol–water partition coefficient (Wildman–Crippen LogP) is 13.3. The van der Waals surface area contributed by atoms with Crippen LogP contribution >= 0.6 is 11.6 Å². The van der Waals surface area contributed by atoms with Crippen LogP contribution in [0.3, 0.4) is 0 Å². The molecule has 0 fully saturated rings. The van der Waals surface area contributed by atoms with Gasteiger partial charge in [0, 0.05) is 29.8 Å². The summed E-state index contributed by atoms with van der Waals surface area (Å²) in [5.74, 6) is -2.17. The normalized spacial score (nSPS) is 16.5. The van der Waals surface area contributed by atoms with Crippen LogP contribution in [0, 0.1) is 35.5 Å². The van der Waals surface area contributed by atoms with Crippen molar-refractivity contribution in [1.82, 2.24) is 0 Å². The van der Waals surface area contributed by atoms with E-state index in [1.54, 1.807) is 0 Å². The Kier molecular flexibility index (Phi) is 39.4. The van der Waals surface area contributed by atoms with Crippen molar-refractivity contribution in [3.63, 3.8) is 0 Å². The van der Waals surface area contributed by atoms with Crippen LogP contribution in [-0.2, 0) is 139 Å². The van der Waals surface area contributed by atoms with Gasteiger partial charge in [0.2, 0.25) is 0 Å². The van der Waals surface area contributed by atoms with E-state index >= 15 is 0 Å². The van der Waals surface area contributed by atoms with Crippen molar-refractivity contribution in [1.29, 1.82) is 0 Å². The van der Waals surface area contributed by atoms with Crippen LogP contribution in [0.25, 0.3) is 0 Å². The molecule has 2 N–H and O–H groups in total. The SMILES string of the molecule is C.CCCC(=O)c1ccc2c(c1)CC(C(=O)OCC)C2.CCCCc1ccc2c(c1)CC(C(=O)O)C2.CCCCc1ccc2c(c1)CC(C(=O)OCC)C2.CCCCc1ccc2c(c1)CC(C(=O)[O-])C2.CCCCl.CCOC(=O)C1Cc2ccccc2C1.O=C(O)C1Cc2ccccc2C1.[Na+]. The Hall–Kier alpha value is -6.90. The van der Waals surface area contributed by atoms with Crippen molar-refractivity contribution in [2.45, 2.75) is 217 Å². The van der Waals surface area contributed by atoms with Gasteiger partial charge in [0.1, 0.15) is 0 Å². The third kappa shape index (κ3) is 27.3. The number of hydrogen-bond acceptors (Lipinski definition) is 11. The molecule has 0 aromatic heterocycles. The average molecular weight is 1410 g/mol. The molecule has 6 aliphatic rings. The number of alkyl halides is 1. The molecule has 0 amide bonds. The Morgan fingerprint density at radius 2 is 0.644 bits per heavy atom. The number of carbonyl (C=O) groups excluding carboxylic acids is 5. The van der Waals surface area contributed by atoms with Crippen molar-refractivity contribution >= 4 is 53.2 Å². The number of fused-ring (bicyclic) bond motifs is 6. The van der Waals surface area contributed by atoms with Crippen molar-refractivity contribution in [3.05, 3.63) is 210 Å². The van der Waals surface area contributed by atoms with Gasteiger partial charge in [-0.1, -0.05) is 177 Å². The van der Waals surface area contributed by atoms with Crippen LogP contribution in [-0.4, -0.2) is 77.5 Å². The maximum absolute atomic E-state index is 11.9. The van der Waals surface area contributed by atoms with Crippen LogP contribution in [0.15, 0.2) is 121 Å². The minimum absolute atomic E-state index is 0. The van der Waals surface area contributed by atoms with Crippen LogP contribution in [0.2, 0.25) is 0 Å². The average Bonchev–Trinajstić information content (AvgIpc) is 1.70. The molecule has 12 rings (SSSR count). The van der Waals surface area contributed by atoms with E-state index in [1.165, 1.54) is 116 Å². The molecule has 4 atom stereocenters. The summed E-state index contributed by atoms with van der Waals surface area (Å²) < 4.78 is 15.2. The molecule has 0 heterocycles. The Balaban J connectivity index is 0.000000254. The molecular weight excluding hydrogens is 1300 g/mol. The minimum Gasteiger partial charge on any atom is -0.550 e. The fourth-order valence-corrected chi connectivity index (χ4v) is 13.7. The summed E-state index contributed by atoms with van der Waals surface area (Å²) in [6.45, 7) is 17.5. The van der Waals surface area contributed by atoms with Crippen molar-refractivity contribution in [3.8, 4) is 0 Å². The number of carbonyl (C=O) groups is 7. The fourth-order valence-electron chi connectivity index (χ4n) is 13.7. The van der Waals surface area contributed by atoms with Crippen LogP contribution in [0.5, 0.6) is 0 Å². The molecule has 6 aromatic carbocycles. The van der Waals surface area contributed by atoms with Crippen LogP contribution in [0.4, 0.5) is 0 Å². The van der Waals surface area contributed by atoms with Crippen molar-refractivity contribution in [2.75, 3.05) is 25.7 Å². The second-order valence-electron chi connectivity index (χ2n) is 26.9. The van der Waals surface area contributed by atoms with Crippen LogP contribution in [0.1, 0.15) is 214 Å². The number of aliphatic carboxylic acids is 3. The van der Waals surface area contributed by atoms with Gasteiger partial charge in [-0.3, -0.25) is 28.8 Å². The van der Waals surface area contributed by atoms with Crippen LogP contribution < -0.4 is 34.7 Å². The third-order valence-corrected chi connectivity index (χ3v) is 19.6. The number of carboxylic acid groups (broad SMARTS) is 3. The first-order valence-corrected chi connectivity index (χ1v) is 37.2. The zero-order valence-electron chi connectivity index (χ0n) is 61.1. The Bertz CT molecular complexity index is 3480. The number of ether oxygens (including phenoxy) is 3. The minimum atomic E-state index is -0.911. The summed E-state index contributed by atoms with van der Waals surface area (Å²) in [6, 6.07) is 41.5. The van der Waals surface area contributed by atoms with Gasteiger partial charge in [-0.2, -0.15) is 0 Å². The smallest absolute Gasteiger partial charge is 0.550 e. The van der Waals surface area contributed by atoms with Gasteiger partial charge < -0.3 is 34.3 Å². The molecule has 0 saturated carbocycles. The third-order valence-electron chi connectivity index (χ3n) is 19.2. The van der Waals surface area contributed by atoms with E-state index in [2.05, 4.69) is 87.5 Å². The molecule has 0 bridgehead atoms. The van der Waals surface area contributed by atoms with E-state index in [-0.39, 0.29) is 96.2 Å². The van der Waals surface area contributed by atoms with Gasteiger partial charge >= 0.3 is 59.4 Å². The Labute approximate surface area is 630 Å². The largest absolute Gasteiger partial charge is 1.00 e. The fraction of sp³-hybridized carbons (Fsp3) is 0.500. The number of Topliss-reactive ketones (excluding diaryl/α,β-unsaturated/α-hetero) is 1. The van der Waals surface area contributed by atoms with E-state index in [4.69, 9.17) is 36.0 Å². The van der Waals surface area contributed by atoms with Gasteiger partial charge in [0.25, 0.3) is 0 Å². The van der Waals surface area contributed by atoms with E-state index in [0.29, 0.717) is 71.2 Å². The standard InChI is InChI=1S/C16H20O3.C16H22O2.2C14H18O2.C12H14O2.C10H10O2.C3H7Cl.CH4.Na/c1-3-5-15(17)12-7-6-11-8-14(10-13(11)9-12)16(18)19-4-2;1-3-5-6-12-7-8-13-10-15(11-14(13)9-12)16(17)18-4-2;2*1-2-3-4-10-5-6-11-8-13(14(15)16)9-12(11)7-10;1-2-14-12(13)11-7-9-5-3-4-6-10(9)8-11;11-10(12)9-5-7-3-1-2-4-8(7)6-9;1-2-3-4;;/h6-7,9,14H,3-5,8,10H2,1-2H3;7-9,15H,3-6,10-11H2,1-2H3;2*5-7,13H,2-4,8-9H2,1H3,(H,15,16);3-6,11H,2,7-8H2,1H3;1-4,9H,5-6H2,(H,11,12);2-3H2,1H3;1H4;/q;;;;;;;;+1/p-1. The quantitative estimate of drug-likeness (QED) is 0.0213. The molecule has 13 nitrogen and oxygen atoms in total. The maximum Gasteiger partial charge on any atom is 1.00 e. The molecule has 542 valence electrons. The first-order valence-electron chi connectivity index (χ1n) is 36.6.